The summed E-state index contributed by atoms with van der Waals surface area (Å²) in [4.78, 5) is 37.0. The van der Waals surface area contributed by atoms with Gasteiger partial charge in [0, 0.05) is 54.3 Å². The van der Waals surface area contributed by atoms with E-state index in [-0.39, 0.29) is 37.4 Å². The quantitative estimate of drug-likeness (QED) is 0.352. The van der Waals surface area contributed by atoms with Gasteiger partial charge in [-0.2, -0.15) is 5.10 Å². The maximum absolute atomic E-state index is 13.4. The van der Waals surface area contributed by atoms with Crippen LogP contribution in [0.5, 0.6) is 0 Å². The first kappa shape index (κ1) is 24.8. The highest BCUT2D eigenvalue weighted by Crippen LogP contribution is 2.39. The fraction of sp³-hybridized carbons (Fsp3) is 0.423. The Morgan fingerprint density at radius 3 is 2.62 bits per heavy atom. The van der Waals surface area contributed by atoms with Crippen molar-refractivity contribution in [2.75, 3.05) is 25.0 Å². The smallest absolute Gasteiger partial charge is 0.407 e. The number of anilines is 2. The van der Waals surface area contributed by atoms with E-state index in [1.165, 1.54) is 4.90 Å². The van der Waals surface area contributed by atoms with Crippen molar-refractivity contribution in [1.29, 1.82) is 0 Å². The normalized spacial score (nSPS) is 17.9. The summed E-state index contributed by atoms with van der Waals surface area (Å²) < 4.78 is 0. The van der Waals surface area contributed by atoms with Crippen LogP contribution in [0.2, 0.25) is 19.6 Å². The molecule has 3 heterocycles. The Morgan fingerprint density at radius 1 is 1.16 bits per heavy atom. The summed E-state index contributed by atoms with van der Waals surface area (Å²) in [6.45, 7) is 9.19. The van der Waals surface area contributed by atoms with Gasteiger partial charge >= 0.3 is 6.09 Å². The van der Waals surface area contributed by atoms with Gasteiger partial charge in [-0.1, -0.05) is 25.6 Å². The first-order valence-corrected chi connectivity index (χ1v) is 16.0. The molecule has 2 amide bonds. The number of nitrogens with one attached hydrogen (secondary N) is 2. The molecule has 3 N–H and O–H groups in total. The second-order valence-electron chi connectivity index (χ2n) is 10.8. The number of fused-ring (bicyclic) bond motifs is 1. The second-order valence-corrected chi connectivity index (χ2v) is 15.6. The number of hydrogen-bond donors (Lipinski definition) is 3. The molecule has 5 rings (SSSR count). The molecule has 11 heteroatoms. The number of H-pyrrole nitrogens is 1. The largest absolute Gasteiger partial charge is 0.465 e. The van der Waals surface area contributed by atoms with E-state index in [0.717, 1.165) is 29.5 Å². The lowest BCUT2D eigenvalue weighted by Crippen LogP contribution is -2.55. The van der Waals surface area contributed by atoms with Crippen LogP contribution in [-0.2, 0) is 0 Å². The van der Waals surface area contributed by atoms with Gasteiger partial charge in [-0.25, -0.2) is 14.8 Å². The van der Waals surface area contributed by atoms with E-state index in [0.29, 0.717) is 23.1 Å². The zero-order valence-electron chi connectivity index (χ0n) is 21.5. The molecule has 1 aromatic carbocycles. The summed E-state index contributed by atoms with van der Waals surface area (Å²) in [5.41, 5.74) is 5.95. The molecular formula is C26H31N7O3Si. The number of carbonyl (C=O) groups is 2. The zero-order valence-corrected chi connectivity index (χ0v) is 22.5. The molecule has 37 heavy (non-hydrogen) atoms. The van der Waals surface area contributed by atoms with Gasteiger partial charge in [0.15, 0.2) is 5.82 Å². The Kier molecular flexibility index (Phi) is 6.37. The lowest BCUT2D eigenvalue weighted by atomic mass is 10.1. The number of benzene rings is 1. The van der Waals surface area contributed by atoms with Crippen molar-refractivity contribution in [3.63, 3.8) is 0 Å². The average Bonchev–Trinajstić information content (AvgIpc) is 3.60. The van der Waals surface area contributed by atoms with Crippen LogP contribution in [0.4, 0.5) is 16.4 Å². The minimum Gasteiger partial charge on any atom is -0.465 e. The predicted molar refractivity (Wildman–Crippen MR) is 144 cm³/mol. The number of hydrogen-bond acceptors (Lipinski definition) is 6. The van der Waals surface area contributed by atoms with Gasteiger partial charge in [0.25, 0.3) is 5.91 Å². The SMILES string of the molecule is C[C@@H]1CN(C(=O)c2nc(Nc3cc(C4CC4)[nH]n3)c3cc(C#C[Si](C)(C)C)ccc3n2)CCN1C(=O)O. The summed E-state index contributed by atoms with van der Waals surface area (Å²) in [5, 5.41) is 20.9. The van der Waals surface area contributed by atoms with E-state index in [1.54, 1.807) is 11.8 Å². The van der Waals surface area contributed by atoms with E-state index in [4.69, 9.17) is 0 Å². The van der Waals surface area contributed by atoms with E-state index in [2.05, 4.69) is 56.6 Å². The highest BCUT2D eigenvalue weighted by Gasteiger charge is 2.31. The molecule has 10 nitrogen and oxygen atoms in total. The maximum atomic E-state index is 13.4. The van der Waals surface area contributed by atoms with Gasteiger partial charge in [0.2, 0.25) is 5.82 Å². The van der Waals surface area contributed by atoms with Gasteiger partial charge in [0.1, 0.15) is 13.9 Å². The highest BCUT2D eigenvalue weighted by molar-refractivity contribution is 6.83. The zero-order chi connectivity index (χ0) is 26.3. The predicted octanol–water partition coefficient (Wildman–Crippen LogP) is 4.03. The molecule has 2 fully saturated rings. The molecule has 0 spiro atoms. The Labute approximate surface area is 216 Å². The number of nitrogens with zero attached hydrogens (tertiary/aromatic N) is 5. The van der Waals surface area contributed by atoms with Crippen molar-refractivity contribution in [3.8, 4) is 11.5 Å². The van der Waals surface area contributed by atoms with Crippen LogP contribution >= 0.6 is 0 Å². The number of carbonyl (C=O) groups excluding carboxylic acids is 1. The first-order chi connectivity index (χ1) is 17.6. The number of rotatable bonds is 4. The molecule has 0 radical (unpaired) electrons. The Bertz CT molecular complexity index is 1430. The summed E-state index contributed by atoms with van der Waals surface area (Å²) in [6, 6.07) is 7.38. The van der Waals surface area contributed by atoms with E-state index in [1.807, 2.05) is 24.3 Å². The Morgan fingerprint density at radius 2 is 1.95 bits per heavy atom. The summed E-state index contributed by atoms with van der Waals surface area (Å²) >= 11 is 0. The first-order valence-electron chi connectivity index (χ1n) is 12.5. The molecule has 1 atom stereocenters. The molecule has 192 valence electrons. The lowest BCUT2D eigenvalue weighted by molar-refractivity contribution is 0.0497. The van der Waals surface area contributed by atoms with Crippen LogP contribution < -0.4 is 5.32 Å². The Hall–Kier alpha value is -3.91. The maximum Gasteiger partial charge on any atom is 0.407 e. The average molecular weight is 518 g/mol. The molecule has 1 saturated heterocycles. The number of amides is 2. The highest BCUT2D eigenvalue weighted by atomic mass is 28.3. The van der Waals surface area contributed by atoms with Crippen molar-refractivity contribution in [2.45, 2.75) is 51.4 Å². The van der Waals surface area contributed by atoms with E-state index in [9.17, 15) is 14.7 Å². The third-order valence-corrected chi connectivity index (χ3v) is 7.37. The van der Waals surface area contributed by atoms with Crippen LogP contribution in [0.15, 0.2) is 24.3 Å². The molecular weight excluding hydrogens is 486 g/mol. The monoisotopic (exact) mass is 517 g/mol. The number of aromatic amines is 1. The fourth-order valence-electron chi connectivity index (χ4n) is 4.35. The minimum atomic E-state index is -1.56. The number of carboxylic acid groups (broad SMARTS) is 1. The van der Waals surface area contributed by atoms with Crippen LogP contribution in [-0.4, -0.2) is 80.8 Å². The van der Waals surface area contributed by atoms with Crippen LogP contribution in [0.1, 0.15) is 47.6 Å². The van der Waals surface area contributed by atoms with E-state index >= 15 is 0 Å². The van der Waals surface area contributed by atoms with Gasteiger partial charge < -0.3 is 20.2 Å². The Balaban J connectivity index is 1.50. The van der Waals surface area contributed by atoms with Crippen molar-refractivity contribution in [2.24, 2.45) is 0 Å². The van der Waals surface area contributed by atoms with Gasteiger partial charge in [-0.05, 0) is 38.0 Å². The van der Waals surface area contributed by atoms with Crippen LogP contribution in [0, 0.1) is 11.5 Å². The molecule has 3 aromatic rings. The van der Waals surface area contributed by atoms with E-state index < -0.39 is 14.2 Å². The summed E-state index contributed by atoms with van der Waals surface area (Å²) in [5.74, 6) is 4.65. The lowest BCUT2D eigenvalue weighted by Gasteiger charge is -2.37. The van der Waals surface area contributed by atoms with Crippen LogP contribution in [0.3, 0.4) is 0 Å². The molecule has 0 bridgehead atoms. The third kappa shape index (κ3) is 5.59. The van der Waals surface area contributed by atoms with Gasteiger partial charge in [-0.3, -0.25) is 9.89 Å². The number of aromatic nitrogens is 4. The molecule has 2 aliphatic rings. The molecule has 0 unspecified atom stereocenters. The summed E-state index contributed by atoms with van der Waals surface area (Å²) in [6.07, 6.45) is 1.33. The third-order valence-electron chi connectivity index (χ3n) is 6.49. The second kappa shape index (κ2) is 9.52. The summed E-state index contributed by atoms with van der Waals surface area (Å²) in [7, 11) is -1.56. The topological polar surface area (TPSA) is 127 Å². The molecule has 1 aliphatic carbocycles. The minimum absolute atomic E-state index is 0.0601. The van der Waals surface area contributed by atoms with Crippen LogP contribution in [0.25, 0.3) is 10.9 Å². The van der Waals surface area contributed by atoms with Crippen molar-refractivity contribution in [1.82, 2.24) is 30.0 Å². The van der Waals surface area contributed by atoms with Gasteiger partial charge in [-0.15, -0.1) is 5.54 Å². The van der Waals surface area contributed by atoms with Crippen molar-refractivity contribution >= 4 is 42.6 Å². The van der Waals surface area contributed by atoms with Crippen molar-refractivity contribution in [3.05, 3.63) is 41.3 Å². The molecule has 2 aromatic heterocycles. The van der Waals surface area contributed by atoms with Gasteiger partial charge in [0.05, 0.1) is 5.52 Å². The molecule has 1 aliphatic heterocycles. The fourth-order valence-corrected chi connectivity index (χ4v) is 4.87. The molecule has 1 saturated carbocycles. The standard InChI is InChI=1S/C26H31N7O3Si/c1-16-15-32(10-11-33(16)26(35)36)25(34)24-27-20-8-5-17(9-12-37(2,3)4)13-19(20)23(29-24)28-22-14-21(30-31-22)18-6-7-18/h5,8,13-14,16,18H,6-7,10-11,15H2,1-4H3,(H,35,36)(H2,27,28,29,30,31)/t16-/m1/s1. The number of piperazine rings is 1. The van der Waals surface area contributed by atoms with Crippen molar-refractivity contribution < 1.29 is 14.7 Å².